The van der Waals surface area contributed by atoms with E-state index in [0.29, 0.717) is 6.23 Å². The molecule has 2 rings (SSSR count). The molecule has 0 aromatic heterocycles. The minimum absolute atomic E-state index is 0. The van der Waals surface area contributed by atoms with Gasteiger partial charge in [-0.1, -0.05) is 0 Å². The Morgan fingerprint density at radius 3 is 2.92 bits per heavy atom. The third-order valence-corrected chi connectivity index (χ3v) is 3.55. The van der Waals surface area contributed by atoms with Crippen LogP contribution in [0.2, 0.25) is 0 Å². The standard InChI is InChI=1S/C8H15NOS.ClH/c1-3-9-8(10-4-1)7-2-5-11-6-7;/h7-9H,1-6H2;1H. The van der Waals surface area contributed by atoms with Crippen LogP contribution in [0.1, 0.15) is 12.8 Å². The van der Waals surface area contributed by atoms with Crippen molar-refractivity contribution in [3.8, 4) is 0 Å². The number of hydrogen-bond donors (Lipinski definition) is 1. The Morgan fingerprint density at radius 2 is 2.33 bits per heavy atom. The Labute approximate surface area is 84.2 Å². The van der Waals surface area contributed by atoms with E-state index in [1.807, 2.05) is 0 Å². The van der Waals surface area contributed by atoms with Gasteiger partial charge in [-0.2, -0.15) is 11.8 Å². The Balaban J connectivity index is 0.000000720. The summed E-state index contributed by atoms with van der Waals surface area (Å²) in [4.78, 5) is 0. The maximum Gasteiger partial charge on any atom is 0.111 e. The molecular formula is C8H16ClNOS. The molecule has 0 bridgehead atoms. The van der Waals surface area contributed by atoms with Crippen LogP contribution >= 0.6 is 24.2 Å². The molecule has 2 saturated heterocycles. The van der Waals surface area contributed by atoms with Crippen molar-refractivity contribution in [2.75, 3.05) is 24.7 Å². The molecule has 1 N–H and O–H groups in total. The third-order valence-electron chi connectivity index (χ3n) is 2.36. The van der Waals surface area contributed by atoms with Crippen molar-refractivity contribution in [2.24, 2.45) is 5.92 Å². The van der Waals surface area contributed by atoms with E-state index in [-0.39, 0.29) is 12.4 Å². The fourth-order valence-electron chi connectivity index (χ4n) is 1.68. The zero-order chi connectivity index (χ0) is 7.52. The molecule has 72 valence electrons. The van der Waals surface area contributed by atoms with E-state index in [1.54, 1.807) is 0 Å². The maximum atomic E-state index is 5.64. The summed E-state index contributed by atoms with van der Waals surface area (Å²) in [5.74, 6) is 3.39. The van der Waals surface area contributed by atoms with Gasteiger partial charge < -0.3 is 4.74 Å². The summed E-state index contributed by atoms with van der Waals surface area (Å²) in [6.45, 7) is 2.10. The highest BCUT2D eigenvalue weighted by molar-refractivity contribution is 7.99. The first kappa shape index (κ1) is 10.6. The van der Waals surface area contributed by atoms with E-state index in [9.17, 15) is 0 Å². The molecule has 4 heteroatoms. The lowest BCUT2D eigenvalue weighted by Gasteiger charge is -2.28. The lowest BCUT2D eigenvalue weighted by Crippen LogP contribution is -2.43. The van der Waals surface area contributed by atoms with Crippen molar-refractivity contribution in [1.82, 2.24) is 5.32 Å². The molecule has 2 aliphatic rings. The average molecular weight is 210 g/mol. The largest absolute Gasteiger partial charge is 0.363 e. The second kappa shape index (κ2) is 5.32. The highest BCUT2D eigenvalue weighted by Gasteiger charge is 2.26. The molecule has 0 amide bonds. The predicted octanol–water partition coefficient (Wildman–Crippen LogP) is 1.50. The number of halogens is 1. The summed E-state index contributed by atoms with van der Waals surface area (Å²) in [6, 6.07) is 0. The van der Waals surface area contributed by atoms with Gasteiger partial charge in [0.15, 0.2) is 0 Å². The lowest BCUT2D eigenvalue weighted by atomic mass is 10.1. The first-order chi connectivity index (χ1) is 5.47. The van der Waals surface area contributed by atoms with Gasteiger partial charge in [-0.25, -0.2) is 0 Å². The first-order valence-corrected chi connectivity index (χ1v) is 5.55. The zero-order valence-corrected chi connectivity index (χ0v) is 8.76. The second-order valence-electron chi connectivity index (χ2n) is 3.22. The number of rotatable bonds is 1. The Kier molecular flexibility index (Phi) is 4.72. The molecule has 2 unspecified atom stereocenters. The van der Waals surface area contributed by atoms with Gasteiger partial charge in [0.25, 0.3) is 0 Å². The van der Waals surface area contributed by atoms with Crippen molar-refractivity contribution < 1.29 is 4.74 Å². The molecule has 0 aliphatic carbocycles. The van der Waals surface area contributed by atoms with Crippen LogP contribution < -0.4 is 5.32 Å². The summed E-state index contributed by atoms with van der Waals surface area (Å²) in [5, 5.41) is 3.43. The second-order valence-corrected chi connectivity index (χ2v) is 4.37. The third kappa shape index (κ3) is 2.52. The highest BCUT2D eigenvalue weighted by Crippen LogP contribution is 2.27. The van der Waals surface area contributed by atoms with E-state index in [0.717, 1.165) is 19.1 Å². The molecule has 0 aromatic rings. The van der Waals surface area contributed by atoms with E-state index in [4.69, 9.17) is 4.74 Å². The van der Waals surface area contributed by atoms with Crippen LogP contribution in [0.5, 0.6) is 0 Å². The fourth-order valence-corrected chi connectivity index (χ4v) is 2.96. The summed E-state index contributed by atoms with van der Waals surface area (Å²) < 4.78 is 5.64. The minimum atomic E-state index is 0. The molecule has 2 aliphatic heterocycles. The Morgan fingerprint density at radius 1 is 1.42 bits per heavy atom. The van der Waals surface area contributed by atoms with Gasteiger partial charge in [-0.15, -0.1) is 12.4 Å². The van der Waals surface area contributed by atoms with E-state index >= 15 is 0 Å². The molecule has 0 spiro atoms. The van der Waals surface area contributed by atoms with E-state index in [2.05, 4.69) is 17.1 Å². The van der Waals surface area contributed by atoms with Crippen molar-refractivity contribution in [3.63, 3.8) is 0 Å². The monoisotopic (exact) mass is 209 g/mol. The molecule has 0 saturated carbocycles. The van der Waals surface area contributed by atoms with Crippen LogP contribution in [-0.4, -0.2) is 30.9 Å². The molecule has 12 heavy (non-hydrogen) atoms. The molecular weight excluding hydrogens is 194 g/mol. The van der Waals surface area contributed by atoms with Gasteiger partial charge >= 0.3 is 0 Å². The van der Waals surface area contributed by atoms with Crippen molar-refractivity contribution in [1.29, 1.82) is 0 Å². The van der Waals surface area contributed by atoms with Gasteiger partial charge in [0.1, 0.15) is 6.23 Å². The van der Waals surface area contributed by atoms with Crippen LogP contribution in [-0.2, 0) is 4.74 Å². The van der Waals surface area contributed by atoms with Crippen LogP contribution in [0.3, 0.4) is 0 Å². The normalized spacial score (nSPS) is 36.0. The summed E-state index contributed by atoms with van der Waals surface area (Å²) in [7, 11) is 0. The highest BCUT2D eigenvalue weighted by atomic mass is 35.5. The van der Waals surface area contributed by atoms with Gasteiger partial charge in [-0.05, 0) is 30.9 Å². The fraction of sp³-hybridized carbons (Fsp3) is 1.00. The van der Waals surface area contributed by atoms with Gasteiger partial charge in [0, 0.05) is 12.5 Å². The smallest absolute Gasteiger partial charge is 0.111 e. The van der Waals surface area contributed by atoms with Gasteiger partial charge in [-0.3, -0.25) is 5.32 Å². The average Bonchev–Trinajstić information content (AvgIpc) is 2.58. The number of hydrogen-bond acceptors (Lipinski definition) is 3. The molecule has 2 atom stereocenters. The van der Waals surface area contributed by atoms with Crippen LogP contribution in [0.25, 0.3) is 0 Å². The minimum Gasteiger partial charge on any atom is -0.363 e. The van der Waals surface area contributed by atoms with Crippen LogP contribution in [0, 0.1) is 5.92 Å². The topological polar surface area (TPSA) is 21.3 Å². The van der Waals surface area contributed by atoms with Crippen molar-refractivity contribution in [2.45, 2.75) is 19.1 Å². The van der Waals surface area contributed by atoms with E-state index in [1.165, 1.54) is 24.3 Å². The van der Waals surface area contributed by atoms with Crippen molar-refractivity contribution in [3.05, 3.63) is 0 Å². The first-order valence-electron chi connectivity index (χ1n) is 4.39. The van der Waals surface area contributed by atoms with Crippen LogP contribution in [0.4, 0.5) is 0 Å². The van der Waals surface area contributed by atoms with E-state index < -0.39 is 0 Å². The SMILES string of the molecule is C1CNC(C2CCSC2)OC1.Cl. The zero-order valence-electron chi connectivity index (χ0n) is 7.12. The quantitative estimate of drug-likeness (QED) is 0.708. The maximum absolute atomic E-state index is 5.64. The molecule has 2 heterocycles. The number of nitrogens with one attached hydrogen (secondary N) is 1. The summed E-state index contributed by atoms with van der Waals surface area (Å²) >= 11 is 2.06. The molecule has 2 nitrogen and oxygen atoms in total. The summed E-state index contributed by atoms with van der Waals surface area (Å²) in [6.07, 6.45) is 2.89. The number of thioether (sulfide) groups is 1. The molecule has 0 radical (unpaired) electrons. The molecule has 2 fully saturated rings. The summed E-state index contributed by atoms with van der Waals surface area (Å²) in [5.41, 5.74) is 0. The Hall–Kier alpha value is 0.560. The van der Waals surface area contributed by atoms with Gasteiger partial charge in [0.05, 0.1) is 0 Å². The van der Waals surface area contributed by atoms with Crippen LogP contribution in [0.15, 0.2) is 0 Å². The van der Waals surface area contributed by atoms with Gasteiger partial charge in [0.2, 0.25) is 0 Å². The lowest BCUT2D eigenvalue weighted by molar-refractivity contribution is -0.0291. The predicted molar refractivity (Wildman–Crippen MR) is 55.0 cm³/mol. The number of ether oxygens (including phenoxy) is 1. The van der Waals surface area contributed by atoms with Crippen molar-refractivity contribution >= 4 is 24.2 Å². The molecule has 0 aromatic carbocycles. The Bertz CT molecular complexity index is 124.